The molecule has 0 N–H and O–H groups in total. The molecule has 8 heteroatoms. The molecule has 2 heterocycles. The van der Waals surface area contributed by atoms with Crippen LogP contribution in [0, 0.1) is 0 Å². The molecule has 128 valence electrons. The number of likely N-dealkylation sites (tertiary alicyclic amines) is 1. The summed E-state index contributed by atoms with van der Waals surface area (Å²) in [5.74, 6) is 0. The van der Waals surface area contributed by atoms with Crippen LogP contribution in [0.2, 0.25) is 0 Å². The Morgan fingerprint density at radius 1 is 1.30 bits per heavy atom. The van der Waals surface area contributed by atoms with Gasteiger partial charge in [-0.05, 0) is 26.0 Å². The molecule has 0 radical (unpaired) electrons. The highest BCUT2D eigenvalue weighted by Gasteiger charge is 2.39. The van der Waals surface area contributed by atoms with Crippen molar-refractivity contribution in [2.24, 2.45) is 0 Å². The smallest absolute Gasteiger partial charge is 0.320 e. The largest absolute Gasteiger partial charge is 0.325 e. The van der Waals surface area contributed by atoms with Gasteiger partial charge in [0.1, 0.15) is 0 Å². The lowest BCUT2D eigenvalue weighted by Crippen LogP contribution is -2.64. The first-order valence-electron chi connectivity index (χ1n) is 7.77. The minimum absolute atomic E-state index is 0.0301. The Morgan fingerprint density at radius 2 is 1.96 bits per heavy atom. The first-order chi connectivity index (χ1) is 10.9. The summed E-state index contributed by atoms with van der Waals surface area (Å²) < 4.78 is 25.6. The van der Waals surface area contributed by atoms with Crippen LogP contribution in [0.1, 0.15) is 19.5 Å². The molecule has 0 atom stereocenters. The first kappa shape index (κ1) is 17.7. The van der Waals surface area contributed by atoms with Gasteiger partial charge in [-0.2, -0.15) is 4.31 Å². The molecule has 2 rings (SSSR count). The van der Waals surface area contributed by atoms with Crippen LogP contribution >= 0.6 is 0 Å². The summed E-state index contributed by atoms with van der Waals surface area (Å²) in [7, 11) is -3.36. The van der Waals surface area contributed by atoms with E-state index in [1.807, 2.05) is 19.9 Å². The summed E-state index contributed by atoms with van der Waals surface area (Å²) >= 11 is 0. The summed E-state index contributed by atoms with van der Waals surface area (Å²) in [5.41, 5.74) is 0.700. The zero-order chi connectivity index (χ0) is 17.0. The van der Waals surface area contributed by atoms with Gasteiger partial charge < -0.3 is 9.80 Å². The van der Waals surface area contributed by atoms with Crippen LogP contribution in [-0.4, -0.2) is 72.0 Å². The van der Waals surface area contributed by atoms with Crippen molar-refractivity contribution in [1.29, 1.82) is 0 Å². The van der Waals surface area contributed by atoms with Crippen molar-refractivity contribution >= 4 is 16.1 Å². The number of carbonyl (C=O) groups is 1. The Hall–Kier alpha value is -1.67. The molecule has 1 aromatic rings. The second-order valence-corrected chi connectivity index (χ2v) is 7.58. The Bertz CT molecular complexity index is 625. The van der Waals surface area contributed by atoms with E-state index >= 15 is 0 Å². The third-order valence-corrected chi connectivity index (χ3v) is 5.32. The molecule has 7 nitrogen and oxygen atoms in total. The van der Waals surface area contributed by atoms with Crippen LogP contribution in [0.15, 0.2) is 24.4 Å². The highest BCUT2D eigenvalue weighted by atomic mass is 32.2. The summed E-state index contributed by atoms with van der Waals surface area (Å²) in [6.07, 6.45) is 2.84. The highest BCUT2D eigenvalue weighted by molar-refractivity contribution is 7.88. The quantitative estimate of drug-likeness (QED) is 0.774. The second-order valence-electron chi connectivity index (χ2n) is 5.64. The fourth-order valence-electron chi connectivity index (χ4n) is 2.66. The van der Waals surface area contributed by atoms with Crippen LogP contribution in [0.4, 0.5) is 4.79 Å². The van der Waals surface area contributed by atoms with E-state index in [0.717, 1.165) is 0 Å². The van der Waals surface area contributed by atoms with Crippen LogP contribution in [0.3, 0.4) is 0 Å². The molecule has 2 amide bonds. The lowest BCUT2D eigenvalue weighted by molar-refractivity contribution is 0.0771. The summed E-state index contributed by atoms with van der Waals surface area (Å²) in [5, 5.41) is 0. The standard InChI is InChI=1S/C15H24N4O3S/c1-4-17(5-2)15(20)18-11-14(12-18)19(23(3,21)22)10-13-8-6-7-9-16-13/h6-9,14H,4-5,10-12H2,1-3H3. The predicted octanol–water partition coefficient (Wildman–Crippen LogP) is 0.989. The average Bonchev–Trinajstić information content (AvgIpc) is 2.46. The van der Waals surface area contributed by atoms with Crippen LogP contribution in [0.5, 0.6) is 0 Å². The van der Waals surface area contributed by atoms with E-state index in [9.17, 15) is 13.2 Å². The molecular formula is C15H24N4O3S. The molecule has 0 unspecified atom stereocenters. The first-order valence-corrected chi connectivity index (χ1v) is 9.62. The van der Waals surface area contributed by atoms with Gasteiger partial charge in [-0.15, -0.1) is 0 Å². The lowest BCUT2D eigenvalue weighted by atomic mass is 10.1. The summed E-state index contributed by atoms with van der Waals surface area (Å²) in [6.45, 7) is 6.26. The minimum Gasteiger partial charge on any atom is -0.325 e. The maximum atomic E-state index is 12.2. The molecule has 0 spiro atoms. The Labute approximate surface area is 137 Å². The molecule has 1 aliphatic heterocycles. The Morgan fingerprint density at radius 3 is 2.43 bits per heavy atom. The zero-order valence-electron chi connectivity index (χ0n) is 13.8. The number of amides is 2. The number of hydrogen-bond acceptors (Lipinski definition) is 4. The molecule has 1 aromatic heterocycles. The van der Waals surface area contributed by atoms with Crippen molar-refractivity contribution in [1.82, 2.24) is 19.1 Å². The monoisotopic (exact) mass is 340 g/mol. The Kier molecular flexibility index (Phi) is 5.59. The van der Waals surface area contributed by atoms with E-state index in [0.29, 0.717) is 31.9 Å². The van der Waals surface area contributed by atoms with Gasteiger partial charge in [0.2, 0.25) is 10.0 Å². The number of pyridine rings is 1. The van der Waals surface area contributed by atoms with Crippen molar-refractivity contribution in [2.45, 2.75) is 26.4 Å². The van der Waals surface area contributed by atoms with Crippen molar-refractivity contribution < 1.29 is 13.2 Å². The average molecular weight is 340 g/mol. The predicted molar refractivity (Wildman–Crippen MR) is 88.3 cm³/mol. The van der Waals surface area contributed by atoms with Crippen molar-refractivity contribution in [2.75, 3.05) is 32.4 Å². The van der Waals surface area contributed by atoms with E-state index in [1.54, 1.807) is 28.1 Å². The molecule has 0 bridgehead atoms. The molecule has 1 saturated heterocycles. The van der Waals surface area contributed by atoms with Gasteiger partial charge in [0.15, 0.2) is 0 Å². The van der Waals surface area contributed by atoms with Crippen molar-refractivity contribution in [3.8, 4) is 0 Å². The fraction of sp³-hybridized carbons (Fsp3) is 0.600. The normalized spacial score (nSPS) is 15.6. The van der Waals surface area contributed by atoms with Crippen LogP contribution < -0.4 is 0 Å². The number of nitrogens with zero attached hydrogens (tertiary/aromatic N) is 4. The molecule has 1 aliphatic rings. The van der Waals surface area contributed by atoms with Gasteiger partial charge in [-0.3, -0.25) is 4.98 Å². The number of rotatable bonds is 6. The fourth-order valence-corrected chi connectivity index (χ4v) is 3.70. The molecular weight excluding hydrogens is 316 g/mol. The summed E-state index contributed by atoms with van der Waals surface area (Å²) in [6, 6.07) is 5.21. The van der Waals surface area contributed by atoms with Gasteiger partial charge in [0.25, 0.3) is 0 Å². The van der Waals surface area contributed by atoms with E-state index in [-0.39, 0.29) is 18.6 Å². The minimum atomic E-state index is -3.36. The van der Waals surface area contributed by atoms with E-state index in [2.05, 4.69) is 4.98 Å². The van der Waals surface area contributed by atoms with Crippen molar-refractivity contribution in [3.05, 3.63) is 30.1 Å². The van der Waals surface area contributed by atoms with Crippen molar-refractivity contribution in [3.63, 3.8) is 0 Å². The number of aromatic nitrogens is 1. The highest BCUT2D eigenvalue weighted by Crippen LogP contribution is 2.21. The molecule has 0 saturated carbocycles. The number of sulfonamides is 1. The van der Waals surface area contributed by atoms with Gasteiger partial charge in [-0.1, -0.05) is 6.07 Å². The zero-order valence-corrected chi connectivity index (χ0v) is 14.7. The molecule has 0 aliphatic carbocycles. The maximum Gasteiger partial charge on any atom is 0.320 e. The van der Waals surface area contributed by atoms with Gasteiger partial charge >= 0.3 is 6.03 Å². The van der Waals surface area contributed by atoms with E-state index < -0.39 is 10.0 Å². The molecule has 0 aromatic carbocycles. The lowest BCUT2D eigenvalue weighted by Gasteiger charge is -2.45. The molecule has 23 heavy (non-hydrogen) atoms. The van der Waals surface area contributed by atoms with Gasteiger partial charge in [0, 0.05) is 32.4 Å². The van der Waals surface area contributed by atoms with Gasteiger partial charge in [0.05, 0.1) is 24.5 Å². The SMILES string of the molecule is CCN(CC)C(=O)N1CC(N(Cc2ccccn2)S(C)(=O)=O)C1. The topological polar surface area (TPSA) is 73.8 Å². The third kappa shape index (κ3) is 4.20. The number of urea groups is 1. The third-order valence-electron chi connectivity index (χ3n) is 4.04. The van der Waals surface area contributed by atoms with E-state index in [4.69, 9.17) is 0 Å². The second kappa shape index (κ2) is 7.27. The Balaban J connectivity index is 2.02. The number of hydrogen-bond donors (Lipinski definition) is 0. The van der Waals surface area contributed by atoms with E-state index in [1.165, 1.54) is 10.6 Å². The van der Waals surface area contributed by atoms with Gasteiger partial charge in [-0.25, -0.2) is 13.2 Å². The summed E-state index contributed by atoms with van der Waals surface area (Å²) in [4.78, 5) is 19.8. The van der Waals surface area contributed by atoms with Crippen LogP contribution in [-0.2, 0) is 16.6 Å². The molecule has 1 fully saturated rings. The van der Waals surface area contributed by atoms with Crippen LogP contribution in [0.25, 0.3) is 0 Å². The maximum absolute atomic E-state index is 12.2. The number of carbonyl (C=O) groups excluding carboxylic acids is 1.